The smallest absolute Gasteiger partial charge is 0.409 e. The Bertz CT molecular complexity index is 1100. The van der Waals surface area contributed by atoms with Gasteiger partial charge in [-0.1, -0.05) is 6.92 Å². The highest BCUT2D eigenvalue weighted by molar-refractivity contribution is 7.89. The number of fused-ring (bicyclic) bond motifs is 1. The van der Waals surface area contributed by atoms with Gasteiger partial charge in [0.05, 0.1) is 11.5 Å². The second-order valence-corrected chi connectivity index (χ2v) is 10.4. The number of rotatable bonds is 4. The van der Waals surface area contributed by atoms with Crippen LogP contribution in [0.25, 0.3) is 10.9 Å². The number of aromatic nitrogens is 1. The number of hydrogen-bond acceptors (Lipinski definition) is 5. The molecule has 174 valence electrons. The van der Waals surface area contributed by atoms with Crippen molar-refractivity contribution in [1.29, 1.82) is 0 Å². The van der Waals surface area contributed by atoms with Crippen LogP contribution in [0.3, 0.4) is 0 Å². The van der Waals surface area contributed by atoms with Gasteiger partial charge >= 0.3 is 6.09 Å². The molecule has 32 heavy (non-hydrogen) atoms. The maximum atomic E-state index is 13.1. The van der Waals surface area contributed by atoms with Crippen LogP contribution in [0.15, 0.2) is 29.2 Å². The van der Waals surface area contributed by atoms with E-state index in [1.54, 1.807) is 45.3 Å². The number of piperazine rings is 1. The average Bonchev–Trinajstić information content (AvgIpc) is 3.22. The van der Waals surface area contributed by atoms with Gasteiger partial charge in [0, 0.05) is 50.2 Å². The van der Waals surface area contributed by atoms with E-state index in [1.165, 1.54) is 0 Å². The van der Waals surface area contributed by atoms with Crippen LogP contribution in [0.1, 0.15) is 37.2 Å². The van der Waals surface area contributed by atoms with Crippen molar-refractivity contribution < 1.29 is 22.7 Å². The number of carbonyl (C=O) groups excluding carboxylic acids is 2. The summed E-state index contributed by atoms with van der Waals surface area (Å²) in [6, 6.07) is 6.64. The summed E-state index contributed by atoms with van der Waals surface area (Å²) in [6.45, 7) is 6.97. The molecule has 1 aromatic heterocycles. The summed E-state index contributed by atoms with van der Waals surface area (Å²) in [5.74, 6) is 0.375. The first-order chi connectivity index (χ1) is 15.3. The van der Waals surface area contributed by atoms with Crippen LogP contribution in [-0.4, -0.2) is 85.4 Å². The third kappa shape index (κ3) is 4.47. The lowest BCUT2D eigenvalue weighted by Gasteiger charge is -2.33. The first-order valence-corrected chi connectivity index (χ1v) is 12.6. The molecule has 2 aromatic rings. The second-order valence-electron chi connectivity index (χ2n) is 8.50. The van der Waals surface area contributed by atoms with Crippen LogP contribution in [-0.2, 0) is 14.8 Å². The quantitative estimate of drug-likeness (QED) is 0.752. The Morgan fingerprint density at radius 2 is 1.69 bits per heavy atom. The van der Waals surface area contributed by atoms with Crippen molar-refractivity contribution >= 4 is 32.9 Å². The number of nitrogens with one attached hydrogen (secondary N) is 1. The summed E-state index contributed by atoms with van der Waals surface area (Å²) in [5.41, 5.74) is 1.12. The molecule has 3 heterocycles. The molecule has 0 atom stereocenters. The van der Waals surface area contributed by atoms with Gasteiger partial charge in [0.2, 0.25) is 10.0 Å². The Morgan fingerprint density at radius 1 is 1.03 bits per heavy atom. The van der Waals surface area contributed by atoms with E-state index in [1.807, 2.05) is 0 Å². The van der Waals surface area contributed by atoms with E-state index in [9.17, 15) is 18.0 Å². The zero-order valence-corrected chi connectivity index (χ0v) is 19.4. The van der Waals surface area contributed by atoms with E-state index in [2.05, 4.69) is 11.9 Å². The minimum atomic E-state index is -3.55. The number of piperidine rings is 1. The highest BCUT2D eigenvalue weighted by atomic mass is 32.2. The predicted octanol–water partition coefficient (Wildman–Crippen LogP) is 2.50. The molecule has 0 aliphatic carbocycles. The lowest BCUT2D eigenvalue weighted by Crippen LogP contribution is -2.50. The van der Waals surface area contributed by atoms with Crippen LogP contribution < -0.4 is 0 Å². The predicted molar refractivity (Wildman–Crippen MR) is 120 cm³/mol. The van der Waals surface area contributed by atoms with Gasteiger partial charge in [0.25, 0.3) is 5.91 Å². The molecule has 0 spiro atoms. The number of H-pyrrole nitrogens is 1. The Morgan fingerprint density at radius 3 is 2.34 bits per heavy atom. The van der Waals surface area contributed by atoms with Gasteiger partial charge in [-0.2, -0.15) is 4.31 Å². The number of amides is 2. The molecule has 0 bridgehead atoms. The summed E-state index contributed by atoms with van der Waals surface area (Å²) in [7, 11) is -3.55. The third-order valence-electron chi connectivity index (χ3n) is 6.30. The molecular formula is C22H30N4O5S. The number of benzene rings is 1. The van der Waals surface area contributed by atoms with Gasteiger partial charge < -0.3 is 19.5 Å². The number of carbonyl (C=O) groups is 2. The molecule has 0 saturated carbocycles. The Hall–Kier alpha value is -2.59. The van der Waals surface area contributed by atoms with Crippen molar-refractivity contribution in [3.63, 3.8) is 0 Å². The fourth-order valence-corrected chi connectivity index (χ4v) is 5.74. The van der Waals surface area contributed by atoms with Crippen LogP contribution in [0.5, 0.6) is 0 Å². The van der Waals surface area contributed by atoms with Crippen LogP contribution >= 0.6 is 0 Å². The lowest BCUT2D eigenvalue weighted by atomic mass is 10.0. The first-order valence-electron chi connectivity index (χ1n) is 11.1. The molecule has 0 unspecified atom stereocenters. The summed E-state index contributed by atoms with van der Waals surface area (Å²) in [5, 5.41) is 0.685. The number of hydrogen-bond donors (Lipinski definition) is 1. The average molecular weight is 463 g/mol. The van der Waals surface area contributed by atoms with E-state index >= 15 is 0 Å². The zero-order valence-electron chi connectivity index (χ0n) is 18.5. The van der Waals surface area contributed by atoms with Gasteiger partial charge in [0.1, 0.15) is 5.69 Å². The monoisotopic (exact) mass is 462 g/mol. The molecule has 1 aromatic carbocycles. The van der Waals surface area contributed by atoms with Crippen molar-refractivity contribution in [3.8, 4) is 0 Å². The normalized spacial score (nSPS) is 18.8. The number of ether oxygens (including phenoxy) is 1. The standard InChI is InChI=1S/C22H30N4O5S/c1-3-31-22(28)25-12-10-24(11-13-25)21(27)20-15-17-14-18(4-5-19(17)23-20)32(29,30)26-8-6-16(2)7-9-26/h4-5,14-16,23H,3,6-13H2,1-2H3. The molecular weight excluding hydrogens is 432 g/mol. The van der Waals surface area contributed by atoms with Crippen molar-refractivity contribution in [3.05, 3.63) is 30.0 Å². The van der Waals surface area contributed by atoms with Crippen molar-refractivity contribution in [2.45, 2.75) is 31.6 Å². The van der Waals surface area contributed by atoms with Crippen molar-refractivity contribution in [2.75, 3.05) is 45.9 Å². The van der Waals surface area contributed by atoms with Gasteiger partial charge in [0.15, 0.2) is 0 Å². The number of sulfonamides is 1. The summed E-state index contributed by atoms with van der Waals surface area (Å²) < 4.78 is 32.7. The minimum Gasteiger partial charge on any atom is -0.450 e. The molecule has 2 aliphatic heterocycles. The van der Waals surface area contributed by atoms with Crippen molar-refractivity contribution in [2.24, 2.45) is 5.92 Å². The summed E-state index contributed by atoms with van der Waals surface area (Å²) in [4.78, 5) is 31.5. The van der Waals surface area contributed by atoms with Gasteiger partial charge in [-0.25, -0.2) is 13.2 Å². The molecule has 2 amide bonds. The molecule has 9 nitrogen and oxygen atoms in total. The molecule has 10 heteroatoms. The lowest BCUT2D eigenvalue weighted by molar-refractivity contribution is 0.0566. The fraction of sp³-hybridized carbons (Fsp3) is 0.545. The van der Waals surface area contributed by atoms with E-state index in [-0.39, 0.29) is 16.9 Å². The molecule has 2 fully saturated rings. The van der Waals surface area contributed by atoms with Gasteiger partial charge in [-0.05, 0) is 49.9 Å². The summed E-state index contributed by atoms with van der Waals surface area (Å²) >= 11 is 0. The number of nitrogens with zero attached hydrogens (tertiary/aromatic N) is 3. The van der Waals surface area contributed by atoms with E-state index < -0.39 is 10.0 Å². The maximum Gasteiger partial charge on any atom is 0.409 e. The second kappa shape index (κ2) is 9.11. The minimum absolute atomic E-state index is 0.167. The third-order valence-corrected chi connectivity index (χ3v) is 8.19. The maximum absolute atomic E-state index is 13.1. The van der Waals surface area contributed by atoms with Crippen LogP contribution in [0.2, 0.25) is 0 Å². The number of aromatic amines is 1. The zero-order chi connectivity index (χ0) is 22.9. The highest BCUT2D eigenvalue weighted by Gasteiger charge is 2.29. The topological polar surface area (TPSA) is 103 Å². The first kappa shape index (κ1) is 22.6. The van der Waals surface area contributed by atoms with Crippen LogP contribution in [0, 0.1) is 5.92 Å². The Labute approximate surface area is 188 Å². The molecule has 2 saturated heterocycles. The fourth-order valence-electron chi connectivity index (χ4n) is 4.24. The highest BCUT2D eigenvalue weighted by Crippen LogP contribution is 2.26. The van der Waals surface area contributed by atoms with Gasteiger partial charge in [-0.15, -0.1) is 0 Å². The van der Waals surface area contributed by atoms with Gasteiger partial charge in [-0.3, -0.25) is 4.79 Å². The summed E-state index contributed by atoms with van der Waals surface area (Å²) in [6.07, 6.45) is 1.38. The largest absolute Gasteiger partial charge is 0.450 e. The molecule has 0 radical (unpaired) electrons. The van der Waals surface area contributed by atoms with E-state index in [4.69, 9.17) is 4.74 Å². The van der Waals surface area contributed by atoms with E-state index in [0.29, 0.717) is 68.4 Å². The Balaban J connectivity index is 1.47. The molecule has 1 N–H and O–H groups in total. The Kier molecular flexibility index (Phi) is 6.43. The van der Waals surface area contributed by atoms with Crippen LogP contribution in [0.4, 0.5) is 4.79 Å². The SMILES string of the molecule is CCOC(=O)N1CCN(C(=O)c2cc3cc(S(=O)(=O)N4CCC(C)CC4)ccc3[nH]2)CC1. The molecule has 2 aliphatic rings. The molecule has 4 rings (SSSR count). The van der Waals surface area contributed by atoms with E-state index in [0.717, 1.165) is 12.8 Å². The van der Waals surface area contributed by atoms with Crippen molar-refractivity contribution in [1.82, 2.24) is 19.1 Å².